The summed E-state index contributed by atoms with van der Waals surface area (Å²) >= 11 is 1.53. The van der Waals surface area contributed by atoms with Gasteiger partial charge in [0.25, 0.3) is 5.91 Å². The Morgan fingerprint density at radius 1 is 1.23 bits per heavy atom. The number of anilines is 1. The van der Waals surface area contributed by atoms with E-state index in [0.717, 1.165) is 57.4 Å². The molecule has 168 valence electrons. The van der Waals surface area contributed by atoms with Crippen LogP contribution < -0.4 is 5.32 Å². The zero-order valence-corrected chi connectivity index (χ0v) is 19.8. The van der Waals surface area contributed by atoms with E-state index in [1.54, 1.807) is 16.4 Å². The van der Waals surface area contributed by atoms with Crippen molar-refractivity contribution in [3.63, 3.8) is 0 Å². The highest BCUT2D eigenvalue weighted by molar-refractivity contribution is 7.89. The van der Waals surface area contributed by atoms with Crippen molar-refractivity contribution in [3.05, 3.63) is 40.4 Å². The monoisotopic (exact) mass is 462 g/mol. The molecule has 1 saturated heterocycles. The van der Waals surface area contributed by atoms with Crippen LogP contribution in [0.2, 0.25) is 0 Å². The fraction of sp³-hybridized carbons (Fsp3) is 0.545. The van der Waals surface area contributed by atoms with Crippen LogP contribution in [0.15, 0.2) is 29.2 Å². The summed E-state index contributed by atoms with van der Waals surface area (Å²) in [5, 5.41) is 3.48. The molecule has 0 bridgehead atoms. The van der Waals surface area contributed by atoms with Gasteiger partial charge in [-0.1, -0.05) is 13.3 Å². The van der Waals surface area contributed by atoms with E-state index >= 15 is 0 Å². The van der Waals surface area contributed by atoms with Crippen LogP contribution in [-0.4, -0.2) is 54.2 Å². The second kappa shape index (κ2) is 9.36. The molecule has 31 heavy (non-hydrogen) atoms. The molecule has 2 aromatic rings. The molecule has 1 aromatic carbocycles. The molecule has 0 aliphatic carbocycles. The zero-order valence-electron chi connectivity index (χ0n) is 18.1. The Bertz CT molecular complexity index is 1030. The van der Waals surface area contributed by atoms with Gasteiger partial charge in [-0.2, -0.15) is 4.31 Å². The number of nitrogens with one attached hydrogen (secondary N) is 1. The van der Waals surface area contributed by atoms with Gasteiger partial charge in [0, 0.05) is 42.5 Å². The largest absolute Gasteiger partial charge is 0.298 e. The molecule has 1 N–H and O–H groups in total. The Kier molecular flexibility index (Phi) is 6.76. The SMILES string of the molecule is CCCN1CCc2nc(NC(=O)c3ccc(S(=O)(=O)N4CCCCC4C)cc3)sc2C1. The molecule has 9 heteroatoms. The number of fused-ring (bicyclic) bond motifs is 1. The number of hydrogen-bond acceptors (Lipinski definition) is 6. The van der Waals surface area contributed by atoms with Crippen LogP contribution in [0, 0.1) is 0 Å². The molecule has 1 atom stereocenters. The molecule has 7 nitrogen and oxygen atoms in total. The van der Waals surface area contributed by atoms with Crippen LogP contribution in [0.5, 0.6) is 0 Å². The quantitative estimate of drug-likeness (QED) is 0.707. The highest BCUT2D eigenvalue weighted by Gasteiger charge is 2.31. The van der Waals surface area contributed by atoms with E-state index < -0.39 is 10.0 Å². The van der Waals surface area contributed by atoms with E-state index in [4.69, 9.17) is 0 Å². The summed E-state index contributed by atoms with van der Waals surface area (Å²) in [5.74, 6) is -0.271. The second-order valence-corrected chi connectivity index (χ2v) is 11.3. The average Bonchev–Trinajstić information content (AvgIpc) is 3.15. The van der Waals surface area contributed by atoms with Gasteiger partial charge in [-0.05, 0) is 57.0 Å². The Hall–Kier alpha value is -1.81. The van der Waals surface area contributed by atoms with Crippen LogP contribution in [-0.2, 0) is 23.0 Å². The maximum absolute atomic E-state index is 13.0. The van der Waals surface area contributed by atoms with Gasteiger partial charge in [0.1, 0.15) is 0 Å². The summed E-state index contributed by atoms with van der Waals surface area (Å²) in [7, 11) is -3.54. The van der Waals surface area contributed by atoms with Crippen LogP contribution >= 0.6 is 11.3 Å². The molecule has 1 amide bonds. The molecule has 4 rings (SSSR count). The van der Waals surface area contributed by atoms with Crippen molar-refractivity contribution in [1.29, 1.82) is 0 Å². The van der Waals surface area contributed by atoms with E-state index in [9.17, 15) is 13.2 Å². The van der Waals surface area contributed by atoms with Crippen molar-refractivity contribution >= 4 is 32.4 Å². The van der Waals surface area contributed by atoms with E-state index in [0.29, 0.717) is 17.2 Å². The highest BCUT2D eigenvalue weighted by atomic mass is 32.2. The number of piperidine rings is 1. The molecule has 1 aromatic heterocycles. The van der Waals surface area contributed by atoms with E-state index in [1.165, 1.54) is 28.3 Å². The highest BCUT2D eigenvalue weighted by Crippen LogP contribution is 2.29. The minimum atomic E-state index is -3.54. The fourth-order valence-corrected chi connectivity index (χ4v) is 7.07. The number of amides is 1. The first-order valence-corrected chi connectivity index (χ1v) is 13.3. The molecule has 1 fully saturated rings. The lowest BCUT2D eigenvalue weighted by Crippen LogP contribution is -2.41. The second-order valence-electron chi connectivity index (χ2n) is 8.35. The molecular formula is C22H30N4O3S2. The van der Waals surface area contributed by atoms with Crippen LogP contribution in [0.1, 0.15) is 60.5 Å². The molecule has 2 aliphatic heterocycles. The number of hydrogen-bond donors (Lipinski definition) is 1. The molecule has 0 spiro atoms. The van der Waals surface area contributed by atoms with Crippen LogP contribution in [0.3, 0.4) is 0 Å². The average molecular weight is 463 g/mol. The third-order valence-electron chi connectivity index (χ3n) is 6.04. The van der Waals surface area contributed by atoms with Gasteiger partial charge in [-0.25, -0.2) is 13.4 Å². The fourth-order valence-electron chi connectivity index (χ4n) is 4.32. The maximum Gasteiger partial charge on any atom is 0.257 e. The summed E-state index contributed by atoms with van der Waals surface area (Å²) in [6.45, 7) is 7.65. The first-order chi connectivity index (χ1) is 14.9. The number of aromatic nitrogens is 1. The topological polar surface area (TPSA) is 82.6 Å². The van der Waals surface area contributed by atoms with Gasteiger partial charge in [0.2, 0.25) is 10.0 Å². The summed E-state index contributed by atoms with van der Waals surface area (Å²) in [6, 6.07) is 6.22. The summed E-state index contributed by atoms with van der Waals surface area (Å²) < 4.78 is 27.5. The lowest BCUT2D eigenvalue weighted by atomic mass is 10.1. The maximum atomic E-state index is 13.0. The number of carbonyl (C=O) groups excluding carboxylic acids is 1. The number of sulfonamides is 1. The van der Waals surface area contributed by atoms with Crippen molar-refractivity contribution in [2.45, 2.75) is 63.4 Å². The first kappa shape index (κ1) is 22.4. The van der Waals surface area contributed by atoms with Crippen molar-refractivity contribution in [2.24, 2.45) is 0 Å². The van der Waals surface area contributed by atoms with Crippen molar-refractivity contribution in [1.82, 2.24) is 14.2 Å². The van der Waals surface area contributed by atoms with Crippen LogP contribution in [0.25, 0.3) is 0 Å². The molecular weight excluding hydrogens is 432 g/mol. The smallest absolute Gasteiger partial charge is 0.257 e. The van der Waals surface area contributed by atoms with Crippen molar-refractivity contribution in [2.75, 3.05) is 25.0 Å². The zero-order chi connectivity index (χ0) is 22.0. The number of carbonyl (C=O) groups is 1. The lowest BCUT2D eigenvalue weighted by Gasteiger charge is -2.32. The van der Waals surface area contributed by atoms with Crippen molar-refractivity contribution < 1.29 is 13.2 Å². The Morgan fingerprint density at radius 2 is 2.00 bits per heavy atom. The van der Waals surface area contributed by atoms with Gasteiger partial charge in [-0.15, -0.1) is 11.3 Å². The minimum absolute atomic E-state index is 0.00547. The first-order valence-electron chi connectivity index (χ1n) is 11.0. The number of rotatable bonds is 6. The Balaban J connectivity index is 1.43. The number of nitrogens with zero attached hydrogens (tertiary/aromatic N) is 3. The number of benzene rings is 1. The van der Waals surface area contributed by atoms with Gasteiger partial charge in [-0.3, -0.25) is 15.0 Å². The molecule has 0 radical (unpaired) electrons. The van der Waals surface area contributed by atoms with Crippen LogP contribution in [0.4, 0.5) is 5.13 Å². The van der Waals surface area contributed by atoms with Gasteiger partial charge in [0.15, 0.2) is 5.13 Å². The minimum Gasteiger partial charge on any atom is -0.298 e. The van der Waals surface area contributed by atoms with E-state index in [1.807, 2.05) is 6.92 Å². The van der Waals surface area contributed by atoms with Gasteiger partial charge < -0.3 is 0 Å². The van der Waals surface area contributed by atoms with Gasteiger partial charge in [0.05, 0.1) is 10.6 Å². The predicted molar refractivity (Wildman–Crippen MR) is 123 cm³/mol. The molecule has 3 heterocycles. The summed E-state index contributed by atoms with van der Waals surface area (Å²) in [6.07, 6.45) is 4.86. The predicted octanol–water partition coefficient (Wildman–Crippen LogP) is 3.73. The standard InChI is InChI=1S/C22H30N4O3S2/c1-3-12-25-14-11-19-20(15-25)30-22(23-19)24-21(27)17-7-9-18(10-8-17)31(28,29)26-13-5-4-6-16(26)2/h7-10,16H,3-6,11-15H2,1-2H3,(H,23,24,27). The molecule has 0 saturated carbocycles. The van der Waals surface area contributed by atoms with Gasteiger partial charge >= 0.3 is 0 Å². The summed E-state index contributed by atoms with van der Waals surface area (Å²) in [4.78, 5) is 21.1. The summed E-state index contributed by atoms with van der Waals surface area (Å²) in [5.41, 5.74) is 1.50. The van der Waals surface area contributed by atoms with E-state index in [2.05, 4.69) is 22.1 Å². The number of thiazole rings is 1. The Labute approximate surface area is 188 Å². The lowest BCUT2D eigenvalue weighted by molar-refractivity contribution is 0.102. The normalized spacial score (nSPS) is 20.4. The molecule has 2 aliphatic rings. The Morgan fingerprint density at radius 3 is 2.71 bits per heavy atom. The van der Waals surface area contributed by atoms with E-state index in [-0.39, 0.29) is 16.8 Å². The molecule has 1 unspecified atom stereocenters. The third kappa shape index (κ3) is 4.84. The van der Waals surface area contributed by atoms with Crippen molar-refractivity contribution in [3.8, 4) is 0 Å². The third-order valence-corrected chi connectivity index (χ3v) is 9.06.